The van der Waals surface area contributed by atoms with Crippen molar-refractivity contribution in [1.82, 2.24) is 5.09 Å². The van der Waals surface area contributed by atoms with E-state index in [4.69, 9.17) is 0 Å². The van der Waals surface area contributed by atoms with E-state index in [0.717, 1.165) is 10.6 Å². The Hall–Kier alpha value is -1.67. The standard InChI is InChI=1S/C19H24NO2P/c1-4-18(21)19(15(2)3)20-23(22,16-11-7-5-8-12-16)17-13-9-6-10-14-17/h4-15,18-19,21H,1H2,2-3H3,(H,20,22)/t18-,19+/m1/s1. The minimum atomic E-state index is -3.06. The van der Waals surface area contributed by atoms with Crippen molar-refractivity contribution in [3.63, 3.8) is 0 Å². The van der Waals surface area contributed by atoms with Gasteiger partial charge in [0.1, 0.15) is 0 Å². The van der Waals surface area contributed by atoms with Crippen LogP contribution in [0.4, 0.5) is 0 Å². The van der Waals surface area contributed by atoms with Crippen LogP contribution in [0.1, 0.15) is 13.8 Å². The van der Waals surface area contributed by atoms with Crippen LogP contribution in [0, 0.1) is 5.92 Å². The average molecular weight is 329 g/mol. The van der Waals surface area contributed by atoms with E-state index in [9.17, 15) is 9.67 Å². The molecule has 0 unspecified atom stereocenters. The molecule has 0 saturated heterocycles. The molecular formula is C19H24NO2P. The SMILES string of the molecule is C=C[C@@H](O)[C@@H](NP(=O)(c1ccccc1)c1ccccc1)C(C)C. The molecule has 0 bridgehead atoms. The summed E-state index contributed by atoms with van der Waals surface area (Å²) in [6.45, 7) is 7.64. The predicted octanol–water partition coefficient (Wildman–Crippen LogP) is 3.08. The fraction of sp³-hybridized carbons (Fsp3) is 0.263. The van der Waals surface area contributed by atoms with Gasteiger partial charge in [0.15, 0.2) is 0 Å². The summed E-state index contributed by atoms with van der Waals surface area (Å²) in [5, 5.41) is 15.0. The Morgan fingerprint density at radius 1 is 1.00 bits per heavy atom. The summed E-state index contributed by atoms with van der Waals surface area (Å²) in [6.07, 6.45) is 0.716. The first-order valence-corrected chi connectivity index (χ1v) is 9.49. The lowest BCUT2D eigenvalue weighted by molar-refractivity contribution is 0.159. The van der Waals surface area contributed by atoms with Crippen LogP contribution in [-0.2, 0) is 4.57 Å². The van der Waals surface area contributed by atoms with E-state index < -0.39 is 13.4 Å². The van der Waals surface area contributed by atoms with Gasteiger partial charge in [-0.25, -0.2) is 0 Å². The molecule has 0 aliphatic rings. The highest BCUT2D eigenvalue weighted by Gasteiger charge is 2.33. The van der Waals surface area contributed by atoms with E-state index in [2.05, 4.69) is 11.7 Å². The predicted molar refractivity (Wildman–Crippen MR) is 97.7 cm³/mol. The third kappa shape index (κ3) is 4.00. The van der Waals surface area contributed by atoms with Crippen molar-refractivity contribution < 1.29 is 9.67 Å². The topological polar surface area (TPSA) is 49.3 Å². The van der Waals surface area contributed by atoms with Crippen molar-refractivity contribution in [2.24, 2.45) is 5.92 Å². The maximum absolute atomic E-state index is 13.9. The Labute approximate surface area is 138 Å². The molecule has 2 atom stereocenters. The molecule has 0 aromatic heterocycles. The summed E-state index contributed by atoms with van der Waals surface area (Å²) < 4.78 is 13.9. The Morgan fingerprint density at radius 2 is 1.43 bits per heavy atom. The summed E-state index contributed by atoms with van der Waals surface area (Å²) in [5.41, 5.74) is 0. The smallest absolute Gasteiger partial charge is 0.204 e. The number of nitrogens with one attached hydrogen (secondary N) is 1. The Kier molecular flexibility index (Phi) is 5.95. The number of benzene rings is 2. The summed E-state index contributed by atoms with van der Waals surface area (Å²) in [6, 6.07) is 18.4. The quantitative estimate of drug-likeness (QED) is 0.606. The second-order valence-electron chi connectivity index (χ2n) is 5.91. The van der Waals surface area contributed by atoms with Crippen LogP contribution in [-0.4, -0.2) is 17.3 Å². The summed E-state index contributed by atoms with van der Waals surface area (Å²) in [5.74, 6) is 0.101. The molecule has 23 heavy (non-hydrogen) atoms. The second kappa shape index (κ2) is 7.74. The molecule has 0 amide bonds. The lowest BCUT2D eigenvalue weighted by Crippen LogP contribution is -2.44. The number of hydrogen-bond donors (Lipinski definition) is 2. The van der Waals surface area contributed by atoms with Gasteiger partial charge in [0.25, 0.3) is 0 Å². The summed E-state index contributed by atoms with van der Waals surface area (Å²) in [7, 11) is -3.06. The molecule has 0 heterocycles. The van der Waals surface area contributed by atoms with E-state index in [-0.39, 0.29) is 12.0 Å². The number of aliphatic hydroxyl groups excluding tert-OH is 1. The first kappa shape index (κ1) is 17.7. The van der Waals surface area contributed by atoms with Crippen LogP contribution in [0.5, 0.6) is 0 Å². The molecule has 0 spiro atoms. The first-order chi connectivity index (χ1) is 11.0. The highest BCUT2D eigenvalue weighted by atomic mass is 31.2. The van der Waals surface area contributed by atoms with Gasteiger partial charge in [-0.2, -0.15) is 0 Å². The second-order valence-corrected chi connectivity index (χ2v) is 8.42. The van der Waals surface area contributed by atoms with E-state index in [0.29, 0.717) is 0 Å². The van der Waals surface area contributed by atoms with E-state index >= 15 is 0 Å². The highest BCUT2D eigenvalue weighted by Crippen LogP contribution is 2.40. The molecule has 2 aromatic rings. The third-order valence-electron chi connectivity index (χ3n) is 3.90. The molecular weight excluding hydrogens is 305 g/mol. The van der Waals surface area contributed by atoms with Gasteiger partial charge in [-0.15, -0.1) is 6.58 Å². The van der Waals surface area contributed by atoms with Crippen LogP contribution < -0.4 is 15.7 Å². The van der Waals surface area contributed by atoms with Crippen LogP contribution in [0.2, 0.25) is 0 Å². The van der Waals surface area contributed by atoms with Crippen molar-refractivity contribution in [3.8, 4) is 0 Å². The van der Waals surface area contributed by atoms with Gasteiger partial charge in [-0.3, -0.25) is 9.65 Å². The zero-order valence-electron chi connectivity index (χ0n) is 13.6. The molecule has 122 valence electrons. The zero-order chi connectivity index (χ0) is 16.9. The molecule has 3 nitrogen and oxygen atoms in total. The van der Waals surface area contributed by atoms with Crippen molar-refractivity contribution in [2.75, 3.05) is 0 Å². The fourth-order valence-corrected chi connectivity index (χ4v) is 5.20. The summed E-state index contributed by atoms with van der Waals surface area (Å²) in [4.78, 5) is 0. The maximum Gasteiger partial charge on any atom is 0.204 e. The molecule has 2 rings (SSSR count). The normalized spacial score (nSPS) is 14.4. The molecule has 0 aliphatic carbocycles. The Bertz CT molecular complexity index is 627. The van der Waals surface area contributed by atoms with Gasteiger partial charge in [-0.05, 0) is 30.2 Å². The maximum atomic E-state index is 13.9. The highest BCUT2D eigenvalue weighted by molar-refractivity contribution is 7.76. The van der Waals surface area contributed by atoms with Gasteiger partial charge in [0.2, 0.25) is 7.29 Å². The summed E-state index contributed by atoms with van der Waals surface area (Å²) >= 11 is 0. The van der Waals surface area contributed by atoms with E-state index in [1.54, 1.807) is 0 Å². The molecule has 2 aromatic carbocycles. The van der Waals surface area contributed by atoms with Gasteiger partial charge in [0.05, 0.1) is 6.10 Å². The minimum Gasteiger partial charge on any atom is -0.387 e. The number of rotatable bonds is 7. The molecule has 0 saturated carbocycles. The Balaban J connectivity index is 2.51. The molecule has 0 aliphatic heterocycles. The van der Waals surface area contributed by atoms with Gasteiger partial charge in [-0.1, -0.05) is 56.3 Å². The van der Waals surface area contributed by atoms with Crippen LogP contribution in [0.25, 0.3) is 0 Å². The minimum absolute atomic E-state index is 0.101. The first-order valence-electron chi connectivity index (χ1n) is 7.78. The molecule has 4 heteroatoms. The van der Waals surface area contributed by atoms with Crippen LogP contribution in [0.3, 0.4) is 0 Å². The molecule has 2 N–H and O–H groups in total. The zero-order valence-corrected chi connectivity index (χ0v) is 14.5. The van der Waals surface area contributed by atoms with E-state index in [1.807, 2.05) is 74.5 Å². The lowest BCUT2D eigenvalue weighted by Gasteiger charge is -2.31. The van der Waals surface area contributed by atoms with Gasteiger partial charge < -0.3 is 5.11 Å². The van der Waals surface area contributed by atoms with E-state index in [1.165, 1.54) is 6.08 Å². The average Bonchev–Trinajstić information content (AvgIpc) is 2.60. The molecule has 0 radical (unpaired) electrons. The Morgan fingerprint density at radius 3 is 1.78 bits per heavy atom. The molecule has 0 fully saturated rings. The van der Waals surface area contributed by atoms with Gasteiger partial charge in [0, 0.05) is 16.7 Å². The van der Waals surface area contributed by atoms with Crippen LogP contribution in [0.15, 0.2) is 73.3 Å². The lowest BCUT2D eigenvalue weighted by atomic mass is 10.00. The number of aliphatic hydroxyl groups is 1. The van der Waals surface area contributed by atoms with Crippen molar-refractivity contribution in [1.29, 1.82) is 0 Å². The van der Waals surface area contributed by atoms with Crippen molar-refractivity contribution in [3.05, 3.63) is 73.3 Å². The van der Waals surface area contributed by atoms with Gasteiger partial charge >= 0.3 is 0 Å². The van der Waals surface area contributed by atoms with Crippen molar-refractivity contribution in [2.45, 2.75) is 26.0 Å². The van der Waals surface area contributed by atoms with Crippen LogP contribution >= 0.6 is 7.29 Å². The largest absolute Gasteiger partial charge is 0.387 e. The third-order valence-corrected chi connectivity index (χ3v) is 6.61. The van der Waals surface area contributed by atoms with Crippen molar-refractivity contribution >= 4 is 17.9 Å². The number of hydrogen-bond acceptors (Lipinski definition) is 2. The monoisotopic (exact) mass is 329 g/mol. The fourth-order valence-electron chi connectivity index (χ4n) is 2.55.